The molecule has 9 nitrogen and oxygen atoms in total. The van der Waals surface area contributed by atoms with Crippen molar-refractivity contribution in [3.05, 3.63) is 94.0 Å². The second-order valence-electron chi connectivity index (χ2n) is 6.71. The molecule has 0 aliphatic rings. The van der Waals surface area contributed by atoms with Gasteiger partial charge in [-0.1, -0.05) is 30.3 Å². The van der Waals surface area contributed by atoms with Crippen LogP contribution in [0.2, 0.25) is 0 Å². The van der Waals surface area contributed by atoms with Crippen molar-refractivity contribution < 1.29 is 24.0 Å². The molecule has 0 radical (unpaired) electrons. The summed E-state index contributed by atoms with van der Waals surface area (Å²) in [6.45, 7) is 0. The van der Waals surface area contributed by atoms with Gasteiger partial charge in [-0.3, -0.25) is 19.7 Å². The Balaban J connectivity index is 1.81. The highest BCUT2D eigenvalue weighted by atomic mass is 16.6. The van der Waals surface area contributed by atoms with E-state index in [4.69, 9.17) is 9.47 Å². The highest BCUT2D eigenvalue weighted by molar-refractivity contribution is 6.06. The van der Waals surface area contributed by atoms with Gasteiger partial charge < -0.3 is 20.1 Å². The average Bonchev–Trinajstić information content (AvgIpc) is 2.83. The lowest BCUT2D eigenvalue weighted by Crippen LogP contribution is -2.14. The third-order valence-electron chi connectivity index (χ3n) is 4.61. The number of carbonyl (C=O) groups is 2. The fraction of sp³-hybridized carbons (Fsp3) is 0.0833. The first-order valence-electron chi connectivity index (χ1n) is 9.78. The first-order chi connectivity index (χ1) is 15.9. The third-order valence-corrected chi connectivity index (χ3v) is 4.61. The largest absolute Gasteiger partial charge is 0.494 e. The van der Waals surface area contributed by atoms with E-state index in [2.05, 4.69) is 10.6 Å². The molecule has 0 heterocycles. The van der Waals surface area contributed by atoms with Gasteiger partial charge >= 0.3 is 0 Å². The van der Waals surface area contributed by atoms with Crippen LogP contribution in [0, 0.1) is 10.1 Å². The van der Waals surface area contributed by atoms with Crippen LogP contribution in [0.4, 0.5) is 17.1 Å². The summed E-state index contributed by atoms with van der Waals surface area (Å²) >= 11 is 0. The number of hydrogen-bond donors (Lipinski definition) is 2. The van der Waals surface area contributed by atoms with Gasteiger partial charge in [-0.15, -0.1) is 0 Å². The highest BCUT2D eigenvalue weighted by Gasteiger charge is 2.16. The number of nitro benzene ring substituents is 1. The molecule has 33 heavy (non-hydrogen) atoms. The maximum atomic E-state index is 12.5. The summed E-state index contributed by atoms with van der Waals surface area (Å²) in [6.07, 6.45) is 2.53. The predicted octanol–water partition coefficient (Wildman–Crippen LogP) is 4.52. The Hall–Kier alpha value is -4.66. The minimum Gasteiger partial charge on any atom is -0.494 e. The summed E-state index contributed by atoms with van der Waals surface area (Å²) in [5.41, 5.74) is 1.30. The Morgan fingerprint density at radius 2 is 1.45 bits per heavy atom. The molecule has 3 aromatic rings. The van der Waals surface area contributed by atoms with Gasteiger partial charge in [-0.2, -0.15) is 0 Å². The normalized spacial score (nSPS) is 10.5. The van der Waals surface area contributed by atoms with E-state index < -0.39 is 10.8 Å². The lowest BCUT2D eigenvalue weighted by Gasteiger charge is -2.16. The number of anilines is 2. The Morgan fingerprint density at radius 3 is 2.06 bits per heavy atom. The molecule has 0 saturated heterocycles. The van der Waals surface area contributed by atoms with Crippen LogP contribution in [0.5, 0.6) is 11.5 Å². The lowest BCUT2D eigenvalue weighted by molar-refractivity contribution is -0.385. The number of carbonyl (C=O) groups excluding carboxylic acids is 2. The van der Waals surface area contributed by atoms with Crippen LogP contribution >= 0.6 is 0 Å². The van der Waals surface area contributed by atoms with E-state index in [1.54, 1.807) is 36.4 Å². The molecule has 2 N–H and O–H groups in total. The van der Waals surface area contributed by atoms with Gasteiger partial charge in [0.2, 0.25) is 5.91 Å². The van der Waals surface area contributed by atoms with Crippen molar-refractivity contribution in [1.29, 1.82) is 0 Å². The molecule has 168 valence electrons. The van der Waals surface area contributed by atoms with E-state index >= 15 is 0 Å². The maximum Gasteiger partial charge on any atom is 0.276 e. The Labute approximate surface area is 189 Å². The zero-order valence-corrected chi connectivity index (χ0v) is 17.9. The molecule has 3 rings (SSSR count). The Kier molecular flexibility index (Phi) is 7.38. The average molecular weight is 447 g/mol. The molecule has 2 amide bonds. The smallest absolute Gasteiger partial charge is 0.276 e. The molecule has 0 aliphatic heterocycles. The van der Waals surface area contributed by atoms with Crippen molar-refractivity contribution in [2.24, 2.45) is 0 Å². The molecule has 3 aromatic carbocycles. The van der Waals surface area contributed by atoms with Crippen LogP contribution in [0.25, 0.3) is 6.08 Å². The molecule has 0 spiro atoms. The number of nitro groups is 1. The monoisotopic (exact) mass is 447 g/mol. The van der Waals surface area contributed by atoms with Crippen molar-refractivity contribution in [1.82, 2.24) is 0 Å². The second kappa shape index (κ2) is 10.6. The highest BCUT2D eigenvalue weighted by Crippen LogP contribution is 2.36. The summed E-state index contributed by atoms with van der Waals surface area (Å²) < 4.78 is 10.7. The molecule has 0 aromatic heterocycles. The molecule has 0 saturated carbocycles. The van der Waals surface area contributed by atoms with Gasteiger partial charge in [0.05, 0.1) is 36.1 Å². The van der Waals surface area contributed by atoms with Crippen LogP contribution in [-0.2, 0) is 4.79 Å². The summed E-state index contributed by atoms with van der Waals surface area (Å²) in [7, 11) is 2.85. The van der Waals surface area contributed by atoms with Gasteiger partial charge in [0.25, 0.3) is 11.6 Å². The van der Waals surface area contributed by atoms with Gasteiger partial charge in [-0.25, -0.2) is 0 Å². The number of hydrogen-bond acceptors (Lipinski definition) is 6. The maximum absolute atomic E-state index is 12.5. The minimum atomic E-state index is -0.533. The van der Waals surface area contributed by atoms with E-state index in [1.807, 2.05) is 6.07 Å². The number of rotatable bonds is 8. The SMILES string of the molecule is COc1cc(NC(=O)c2ccccc2)c(OC)cc1NC(=O)/C=C/c1ccccc1[N+](=O)[O-]. The molecular formula is C24H21N3O6. The number of para-hydroxylation sites is 1. The van der Waals surface area contributed by atoms with Crippen LogP contribution in [0.15, 0.2) is 72.8 Å². The van der Waals surface area contributed by atoms with E-state index in [0.29, 0.717) is 28.3 Å². The molecule has 9 heteroatoms. The van der Waals surface area contributed by atoms with Crippen molar-refractivity contribution >= 4 is 35.0 Å². The summed E-state index contributed by atoms with van der Waals surface area (Å²) in [6, 6.07) is 17.8. The molecule has 0 atom stereocenters. The van der Waals surface area contributed by atoms with Crippen molar-refractivity contribution in [2.75, 3.05) is 24.9 Å². The van der Waals surface area contributed by atoms with Crippen molar-refractivity contribution in [3.8, 4) is 11.5 Å². The van der Waals surface area contributed by atoms with E-state index in [-0.39, 0.29) is 17.3 Å². The molecule has 0 bridgehead atoms. The van der Waals surface area contributed by atoms with Gasteiger partial charge in [0.15, 0.2) is 0 Å². The van der Waals surface area contributed by atoms with Crippen molar-refractivity contribution in [3.63, 3.8) is 0 Å². The summed E-state index contributed by atoms with van der Waals surface area (Å²) in [5.74, 6) is -0.278. The number of ether oxygens (including phenoxy) is 2. The fourth-order valence-electron chi connectivity index (χ4n) is 3.01. The zero-order chi connectivity index (χ0) is 23.8. The molecule has 0 unspecified atom stereocenters. The Morgan fingerprint density at radius 1 is 0.879 bits per heavy atom. The number of amides is 2. The van der Waals surface area contributed by atoms with Gasteiger partial charge in [-0.05, 0) is 24.3 Å². The topological polar surface area (TPSA) is 120 Å². The molecule has 0 aliphatic carbocycles. The second-order valence-corrected chi connectivity index (χ2v) is 6.71. The van der Waals surface area contributed by atoms with E-state index in [0.717, 1.165) is 0 Å². The first kappa shape index (κ1) is 23.0. The summed E-state index contributed by atoms with van der Waals surface area (Å²) in [5, 5.41) is 16.5. The third kappa shape index (κ3) is 5.73. The quantitative estimate of drug-likeness (QED) is 0.298. The number of nitrogens with one attached hydrogen (secondary N) is 2. The van der Waals surface area contributed by atoms with E-state index in [1.165, 1.54) is 50.6 Å². The molecular weight excluding hydrogens is 426 g/mol. The predicted molar refractivity (Wildman–Crippen MR) is 125 cm³/mol. The zero-order valence-electron chi connectivity index (χ0n) is 17.9. The number of nitrogens with zero attached hydrogens (tertiary/aromatic N) is 1. The van der Waals surface area contributed by atoms with Crippen molar-refractivity contribution in [2.45, 2.75) is 0 Å². The molecule has 0 fully saturated rings. The summed E-state index contributed by atoms with van der Waals surface area (Å²) in [4.78, 5) is 35.6. The minimum absolute atomic E-state index is 0.112. The van der Waals surface area contributed by atoms with Crippen LogP contribution in [0.1, 0.15) is 15.9 Å². The van der Waals surface area contributed by atoms with E-state index in [9.17, 15) is 19.7 Å². The fourth-order valence-corrected chi connectivity index (χ4v) is 3.01. The van der Waals surface area contributed by atoms with Gasteiger partial charge in [0.1, 0.15) is 11.5 Å². The first-order valence-corrected chi connectivity index (χ1v) is 9.78. The van der Waals surface area contributed by atoms with Crippen LogP contribution in [0.3, 0.4) is 0 Å². The van der Waals surface area contributed by atoms with Crippen LogP contribution in [-0.4, -0.2) is 31.0 Å². The van der Waals surface area contributed by atoms with Crippen LogP contribution < -0.4 is 20.1 Å². The Bertz CT molecular complexity index is 1210. The lowest BCUT2D eigenvalue weighted by atomic mass is 10.1. The number of methoxy groups -OCH3 is 2. The number of benzene rings is 3. The standard InChI is InChI=1S/C24H21N3O6/c1-32-21-15-19(26-24(29)17-9-4-3-5-10-17)22(33-2)14-18(21)25-23(28)13-12-16-8-6-7-11-20(16)27(30)31/h3-15H,1-2H3,(H,25,28)(H,26,29)/b13-12+. The van der Waals surface area contributed by atoms with Gasteiger partial charge in [0, 0.05) is 29.8 Å².